The van der Waals surface area contributed by atoms with E-state index in [0.717, 1.165) is 0 Å². The number of benzene rings is 1. The molecule has 0 aliphatic carbocycles. The van der Waals surface area contributed by atoms with Gasteiger partial charge in [-0.1, -0.05) is 41.7 Å². The second-order valence-corrected chi connectivity index (χ2v) is 3.66. The molecule has 1 aromatic carbocycles. The first-order chi connectivity index (χ1) is 6.07. The Morgan fingerprint density at radius 1 is 1.23 bits per heavy atom. The Balaban J connectivity index is 3.26. The first-order valence-electron chi connectivity index (χ1n) is 3.74. The lowest BCUT2D eigenvalue weighted by molar-refractivity contribution is 0.0988. The molecule has 0 unspecified atom stereocenters. The van der Waals surface area contributed by atoms with Gasteiger partial charge in [-0.15, -0.1) is 0 Å². The van der Waals surface area contributed by atoms with Gasteiger partial charge >= 0.3 is 0 Å². The second kappa shape index (κ2) is 4.32. The van der Waals surface area contributed by atoms with Crippen LogP contribution in [0.4, 0.5) is 0 Å². The molecule has 0 spiro atoms. The first kappa shape index (κ1) is 10.8. The number of ketones is 1. The molecule has 1 nitrogen and oxygen atoms in total. The summed E-state index contributed by atoms with van der Waals surface area (Å²) in [6.07, 6.45) is 0.400. The summed E-state index contributed by atoms with van der Waals surface area (Å²) in [5.74, 6) is -0.0384. The van der Waals surface area contributed by atoms with E-state index in [9.17, 15) is 4.79 Å². The first-order valence-corrected chi connectivity index (χ1v) is 4.88. The third-order valence-corrected chi connectivity index (χ3v) is 2.95. The Hall–Kier alpha value is -0.240. The summed E-state index contributed by atoms with van der Waals surface area (Å²) < 4.78 is 0. The van der Waals surface area contributed by atoms with Gasteiger partial charge in [0.15, 0.2) is 5.78 Å². The summed E-state index contributed by atoms with van der Waals surface area (Å²) in [5.41, 5.74) is 0.429. The summed E-state index contributed by atoms with van der Waals surface area (Å²) in [6, 6.07) is 3.15. The average Bonchev–Trinajstić information content (AvgIpc) is 2.13. The van der Waals surface area contributed by atoms with Crippen LogP contribution in [-0.2, 0) is 0 Å². The van der Waals surface area contributed by atoms with Crippen molar-refractivity contribution < 1.29 is 4.79 Å². The smallest absolute Gasteiger partial charge is 0.164 e. The molecule has 0 aromatic heterocycles. The number of hydrogen-bond acceptors (Lipinski definition) is 1. The molecule has 0 saturated heterocycles. The van der Waals surface area contributed by atoms with Gasteiger partial charge < -0.3 is 0 Å². The molecule has 0 fully saturated rings. The highest BCUT2D eigenvalue weighted by Gasteiger charge is 2.13. The van der Waals surface area contributed by atoms with E-state index in [4.69, 9.17) is 34.8 Å². The summed E-state index contributed by atoms with van der Waals surface area (Å²) in [5, 5.41) is 0.836. The molecule has 0 heterocycles. The lowest BCUT2D eigenvalue weighted by Gasteiger charge is -2.04. The molecule has 0 bridgehead atoms. The number of rotatable bonds is 2. The zero-order valence-electron chi connectivity index (χ0n) is 6.90. The van der Waals surface area contributed by atoms with Crippen LogP contribution in [0.5, 0.6) is 0 Å². The highest BCUT2D eigenvalue weighted by Crippen LogP contribution is 2.33. The van der Waals surface area contributed by atoms with Gasteiger partial charge in [-0.05, 0) is 12.1 Å². The maximum absolute atomic E-state index is 11.3. The van der Waals surface area contributed by atoms with E-state index < -0.39 is 0 Å². The molecule has 1 aromatic rings. The molecule has 0 aliphatic heterocycles. The third-order valence-electron chi connectivity index (χ3n) is 1.66. The van der Waals surface area contributed by atoms with E-state index in [1.165, 1.54) is 0 Å². The Morgan fingerprint density at radius 3 is 2.38 bits per heavy atom. The zero-order valence-corrected chi connectivity index (χ0v) is 9.17. The van der Waals surface area contributed by atoms with Crippen molar-refractivity contribution in [1.29, 1.82) is 0 Å². The minimum Gasteiger partial charge on any atom is -0.294 e. The molecule has 1 rings (SSSR count). The summed E-state index contributed by atoms with van der Waals surface area (Å²) in [6.45, 7) is 1.77. The van der Waals surface area contributed by atoms with E-state index in [1.54, 1.807) is 19.1 Å². The van der Waals surface area contributed by atoms with Crippen LogP contribution >= 0.6 is 34.8 Å². The van der Waals surface area contributed by atoms with Gasteiger partial charge in [0.1, 0.15) is 0 Å². The van der Waals surface area contributed by atoms with E-state index in [1.807, 2.05) is 0 Å². The molecule has 0 N–H and O–H groups in total. The molecule has 4 heteroatoms. The lowest BCUT2D eigenvalue weighted by atomic mass is 10.1. The number of Topliss-reactive ketones (excluding diaryl/α,β-unsaturated/α-hetero) is 1. The number of carbonyl (C=O) groups excluding carboxylic acids is 1. The van der Waals surface area contributed by atoms with Crippen LogP contribution in [-0.4, -0.2) is 5.78 Å². The molecule has 0 aliphatic rings. The fourth-order valence-electron chi connectivity index (χ4n) is 0.932. The van der Waals surface area contributed by atoms with Crippen LogP contribution in [0.15, 0.2) is 12.1 Å². The Bertz CT molecular complexity index is 347. The summed E-state index contributed by atoms with van der Waals surface area (Å²) in [4.78, 5) is 11.3. The van der Waals surface area contributed by atoms with Crippen molar-refractivity contribution in [2.24, 2.45) is 0 Å². The van der Waals surface area contributed by atoms with Gasteiger partial charge in [-0.25, -0.2) is 0 Å². The maximum atomic E-state index is 11.3. The van der Waals surface area contributed by atoms with Crippen LogP contribution in [0.2, 0.25) is 15.1 Å². The second-order valence-electron chi connectivity index (χ2n) is 2.50. The normalized spacial score (nSPS) is 10.2. The molecule has 0 radical (unpaired) electrons. The highest BCUT2D eigenvalue weighted by atomic mass is 35.5. The molecular weight excluding hydrogens is 230 g/mol. The molecule has 0 saturated carbocycles. The number of hydrogen-bond donors (Lipinski definition) is 0. The quantitative estimate of drug-likeness (QED) is 0.555. The van der Waals surface area contributed by atoms with Crippen LogP contribution in [0.3, 0.4) is 0 Å². The SMILES string of the molecule is CCC(=O)c1ccc(Cl)c(Cl)c1Cl. The van der Waals surface area contributed by atoms with Crippen molar-refractivity contribution >= 4 is 40.6 Å². The zero-order chi connectivity index (χ0) is 10.0. The Labute approximate surface area is 91.6 Å². The van der Waals surface area contributed by atoms with Crippen molar-refractivity contribution in [3.05, 3.63) is 32.8 Å². The highest BCUT2D eigenvalue weighted by molar-refractivity contribution is 6.49. The monoisotopic (exact) mass is 236 g/mol. The van der Waals surface area contributed by atoms with Gasteiger partial charge in [0.2, 0.25) is 0 Å². The van der Waals surface area contributed by atoms with Crippen molar-refractivity contribution in [2.45, 2.75) is 13.3 Å². The standard InChI is InChI=1S/C9H7Cl3O/c1-2-7(13)5-3-4-6(10)9(12)8(5)11/h3-4H,2H2,1H3. The van der Waals surface area contributed by atoms with Crippen LogP contribution < -0.4 is 0 Å². The summed E-state index contributed by atoms with van der Waals surface area (Å²) in [7, 11) is 0. The van der Waals surface area contributed by atoms with Gasteiger partial charge in [0.05, 0.1) is 15.1 Å². The van der Waals surface area contributed by atoms with Crippen molar-refractivity contribution in [3.63, 3.8) is 0 Å². The molecule has 0 atom stereocenters. The number of halogens is 3. The van der Waals surface area contributed by atoms with E-state index in [0.29, 0.717) is 17.0 Å². The van der Waals surface area contributed by atoms with Crippen LogP contribution in [0.25, 0.3) is 0 Å². The van der Waals surface area contributed by atoms with Crippen LogP contribution in [0, 0.1) is 0 Å². The van der Waals surface area contributed by atoms with Gasteiger partial charge in [-0.3, -0.25) is 4.79 Å². The maximum Gasteiger partial charge on any atom is 0.164 e. The fraction of sp³-hybridized carbons (Fsp3) is 0.222. The minimum atomic E-state index is -0.0384. The lowest BCUT2D eigenvalue weighted by Crippen LogP contribution is -1.97. The van der Waals surface area contributed by atoms with E-state index >= 15 is 0 Å². The average molecular weight is 238 g/mol. The van der Waals surface area contributed by atoms with Crippen molar-refractivity contribution in [2.75, 3.05) is 0 Å². The topological polar surface area (TPSA) is 17.1 Å². The predicted molar refractivity (Wildman–Crippen MR) is 56.1 cm³/mol. The minimum absolute atomic E-state index is 0.0384. The van der Waals surface area contributed by atoms with E-state index in [2.05, 4.69) is 0 Å². The molecule has 70 valence electrons. The molecule has 0 amide bonds. The third kappa shape index (κ3) is 2.16. The summed E-state index contributed by atoms with van der Waals surface area (Å²) >= 11 is 17.3. The molecule has 13 heavy (non-hydrogen) atoms. The van der Waals surface area contributed by atoms with Gasteiger partial charge in [0.25, 0.3) is 0 Å². The van der Waals surface area contributed by atoms with Crippen molar-refractivity contribution in [1.82, 2.24) is 0 Å². The fourth-order valence-corrected chi connectivity index (χ4v) is 1.57. The molecular formula is C9H7Cl3O. The predicted octanol–water partition coefficient (Wildman–Crippen LogP) is 4.24. The Morgan fingerprint density at radius 2 is 1.85 bits per heavy atom. The largest absolute Gasteiger partial charge is 0.294 e. The van der Waals surface area contributed by atoms with E-state index in [-0.39, 0.29) is 15.8 Å². The Kier molecular flexibility index (Phi) is 3.60. The van der Waals surface area contributed by atoms with Gasteiger partial charge in [-0.2, -0.15) is 0 Å². The van der Waals surface area contributed by atoms with Crippen LogP contribution in [0.1, 0.15) is 23.7 Å². The van der Waals surface area contributed by atoms with Crippen molar-refractivity contribution in [3.8, 4) is 0 Å². The number of carbonyl (C=O) groups is 1. The van der Waals surface area contributed by atoms with Gasteiger partial charge in [0, 0.05) is 12.0 Å².